The summed E-state index contributed by atoms with van der Waals surface area (Å²) in [4.78, 5) is 14.8. The Bertz CT molecular complexity index is 427. The molecule has 0 amide bonds. The zero-order chi connectivity index (χ0) is 15.5. The number of rotatable bonds is 5. The largest absolute Gasteiger partial charge is 0.338 e. The van der Waals surface area contributed by atoms with Crippen LogP contribution in [0.2, 0.25) is 0 Å². The molecule has 1 saturated heterocycles. The number of nitrogens with zero attached hydrogens (tertiary/aromatic N) is 4. The van der Waals surface area contributed by atoms with E-state index < -0.39 is 0 Å². The van der Waals surface area contributed by atoms with Gasteiger partial charge >= 0.3 is 0 Å². The number of hydrogen-bond acceptors (Lipinski definition) is 5. The van der Waals surface area contributed by atoms with Crippen molar-refractivity contribution < 1.29 is 0 Å². The summed E-state index contributed by atoms with van der Waals surface area (Å²) < 4.78 is 0. The topological polar surface area (TPSA) is 53.9 Å². The third-order valence-electron chi connectivity index (χ3n) is 4.06. The van der Waals surface area contributed by atoms with E-state index in [9.17, 15) is 0 Å². The Morgan fingerprint density at radius 3 is 2.48 bits per heavy atom. The molecule has 0 bridgehead atoms. The van der Waals surface area contributed by atoms with Gasteiger partial charge in [-0.15, -0.1) is 0 Å². The van der Waals surface area contributed by atoms with Crippen molar-refractivity contribution in [2.75, 3.05) is 11.4 Å². The number of unbranched alkanes of at least 4 members (excludes halogenated alkanes) is 1. The Hall–Kier alpha value is -1.23. The number of piperidine rings is 1. The Kier molecular flexibility index (Phi) is 4.81. The minimum Gasteiger partial charge on any atom is -0.338 e. The summed E-state index contributed by atoms with van der Waals surface area (Å²) in [6, 6.07) is 0.443. The first-order valence-electron chi connectivity index (χ1n) is 7.94. The molecule has 5 nitrogen and oxygen atoms in total. The molecule has 0 aromatic carbocycles. The summed E-state index contributed by atoms with van der Waals surface area (Å²) in [5, 5.41) is 3.74. The summed E-state index contributed by atoms with van der Waals surface area (Å²) in [6.07, 6.45) is 8.72. The minimum absolute atomic E-state index is 0.119. The van der Waals surface area contributed by atoms with Gasteiger partial charge in [0, 0.05) is 23.7 Å². The number of hydrogen-bond donors (Lipinski definition) is 1. The lowest BCUT2D eigenvalue weighted by Gasteiger charge is -2.49. The normalized spacial score (nSPS) is 21.2. The maximum absolute atomic E-state index is 4.35. The summed E-state index contributed by atoms with van der Waals surface area (Å²) >= 11 is 0. The van der Waals surface area contributed by atoms with Crippen molar-refractivity contribution in [3.8, 4) is 0 Å². The van der Waals surface area contributed by atoms with Gasteiger partial charge in [-0.05, 0) is 47.0 Å². The maximum Gasteiger partial charge on any atom is 0.229 e. The van der Waals surface area contributed by atoms with E-state index in [0.717, 1.165) is 31.8 Å². The van der Waals surface area contributed by atoms with Crippen molar-refractivity contribution in [3.05, 3.63) is 12.7 Å². The monoisotopic (exact) mass is 290 g/mol. The Balaban J connectivity index is 2.23. The standard InChI is InChI=1S/C16H28N5/c1-6-7-8-21(14-18-11-17-12-19-14)13-9-15(2,3)20-16(4,5)10-13/h11,13,20H,6-10H2,1-5H3. The van der Waals surface area contributed by atoms with Gasteiger partial charge in [-0.3, -0.25) is 0 Å². The van der Waals surface area contributed by atoms with Gasteiger partial charge in [0.25, 0.3) is 0 Å². The van der Waals surface area contributed by atoms with E-state index >= 15 is 0 Å². The SMILES string of the molecule is CCCCN(c1n[c]ncn1)C1CC(C)(C)NC(C)(C)C1. The molecule has 1 aliphatic rings. The second kappa shape index (κ2) is 6.26. The lowest BCUT2D eigenvalue weighted by atomic mass is 9.79. The highest BCUT2D eigenvalue weighted by atomic mass is 15.3. The van der Waals surface area contributed by atoms with Crippen molar-refractivity contribution >= 4 is 5.95 Å². The van der Waals surface area contributed by atoms with Gasteiger partial charge in [0.15, 0.2) is 0 Å². The van der Waals surface area contributed by atoms with Crippen LogP contribution < -0.4 is 10.2 Å². The smallest absolute Gasteiger partial charge is 0.229 e. The molecule has 5 heteroatoms. The number of anilines is 1. The molecular weight excluding hydrogens is 262 g/mol. The molecule has 21 heavy (non-hydrogen) atoms. The predicted octanol–water partition coefficient (Wildman–Crippen LogP) is 2.59. The molecule has 0 spiro atoms. The molecule has 2 rings (SSSR count). The van der Waals surface area contributed by atoms with Gasteiger partial charge in [0.05, 0.1) is 0 Å². The third kappa shape index (κ3) is 4.37. The summed E-state index contributed by atoms with van der Waals surface area (Å²) in [5.74, 6) is 0.761. The molecule has 0 aliphatic carbocycles. The predicted molar refractivity (Wildman–Crippen MR) is 85.2 cm³/mol. The summed E-state index contributed by atoms with van der Waals surface area (Å²) in [6.45, 7) is 12.3. The Morgan fingerprint density at radius 2 is 1.95 bits per heavy atom. The molecule has 1 N–H and O–H groups in total. The lowest BCUT2D eigenvalue weighted by molar-refractivity contribution is 0.157. The molecule has 2 heterocycles. The van der Waals surface area contributed by atoms with E-state index in [2.05, 4.69) is 66.1 Å². The first-order chi connectivity index (χ1) is 9.83. The minimum atomic E-state index is 0.119. The van der Waals surface area contributed by atoms with Gasteiger partial charge < -0.3 is 10.2 Å². The lowest BCUT2D eigenvalue weighted by Crippen LogP contribution is -2.62. The average Bonchev–Trinajstić information content (AvgIpc) is 2.37. The van der Waals surface area contributed by atoms with Gasteiger partial charge in [0.1, 0.15) is 6.33 Å². The zero-order valence-corrected chi connectivity index (χ0v) is 14.0. The molecule has 1 aromatic rings. The quantitative estimate of drug-likeness (QED) is 0.903. The fraction of sp³-hybridized carbons (Fsp3) is 0.812. The average molecular weight is 290 g/mol. The Morgan fingerprint density at radius 1 is 1.29 bits per heavy atom. The van der Waals surface area contributed by atoms with Crippen LogP contribution in [0.1, 0.15) is 60.3 Å². The molecule has 1 fully saturated rings. The van der Waals surface area contributed by atoms with Crippen molar-refractivity contribution in [1.29, 1.82) is 0 Å². The van der Waals surface area contributed by atoms with E-state index in [1.165, 1.54) is 6.42 Å². The van der Waals surface area contributed by atoms with Gasteiger partial charge in [-0.2, -0.15) is 4.98 Å². The second-order valence-corrected chi connectivity index (χ2v) is 7.39. The van der Waals surface area contributed by atoms with Gasteiger partial charge in [-0.1, -0.05) is 13.3 Å². The van der Waals surface area contributed by atoms with Gasteiger partial charge in [-0.25, -0.2) is 9.97 Å². The fourth-order valence-corrected chi connectivity index (χ4v) is 3.61. The van der Waals surface area contributed by atoms with Crippen LogP contribution in [0.25, 0.3) is 0 Å². The van der Waals surface area contributed by atoms with Gasteiger partial charge in [0.2, 0.25) is 12.3 Å². The van der Waals surface area contributed by atoms with Crippen molar-refractivity contribution in [1.82, 2.24) is 20.3 Å². The van der Waals surface area contributed by atoms with Crippen molar-refractivity contribution in [2.45, 2.75) is 77.4 Å². The van der Waals surface area contributed by atoms with Crippen LogP contribution in [-0.2, 0) is 0 Å². The third-order valence-corrected chi connectivity index (χ3v) is 4.06. The zero-order valence-electron chi connectivity index (χ0n) is 14.0. The fourth-order valence-electron chi connectivity index (χ4n) is 3.61. The van der Waals surface area contributed by atoms with E-state index in [0.29, 0.717) is 6.04 Å². The molecule has 0 unspecified atom stereocenters. The first-order valence-corrected chi connectivity index (χ1v) is 7.94. The van der Waals surface area contributed by atoms with Crippen LogP contribution in [0.15, 0.2) is 6.33 Å². The van der Waals surface area contributed by atoms with Crippen LogP contribution in [0, 0.1) is 6.33 Å². The van der Waals surface area contributed by atoms with Crippen molar-refractivity contribution in [3.63, 3.8) is 0 Å². The highest BCUT2D eigenvalue weighted by Gasteiger charge is 2.40. The van der Waals surface area contributed by atoms with E-state index in [4.69, 9.17) is 0 Å². The van der Waals surface area contributed by atoms with Crippen molar-refractivity contribution in [2.24, 2.45) is 0 Å². The van der Waals surface area contributed by atoms with Crippen LogP contribution >= 0.6 is 0 Å². The second-order valence-electron chi connectivity index (χ2n) is 7.39. The van der Waals surface area contributed by atoms with E-state index in [1.54, 1.807) is 6.33 Å². The molecule has 117 valence electrons. The Labute approximate surface area is 128 Å². The first kappa shape index (κ1) is 16.1. The van der Waals surface area contributed by atoms with Crippen LogP contribution in [0.5, 0.6) is 0 Å². The molecule has 1 radical (unpaired) electrons. The highest BCUT2D eigenvalue weighted by molar-refractivity contribution is 5.31. The molecular formula is C16H28N5. The molecule has 0 saturated carbocycles. The molecule has 1 aromatic heterocycles. The van der Waals surface area contributed by atoms with Crippen LogP contribution in [-0.4, -0.2) is 38.6 Å². The molecule has 0 atom stereocenters. The molecule has 1 aliphatic heterocycles. The highest BCUT2D eigenvalue weighted by Crippen LogP contribution is 2.32. The van der Waals surface area contributed by atoms with Crippen LogP contribution in [0.3, 0.4) is 0 Å². The summed E-state index contributed by atoms with van der Waals surface area (Å²) in [7, 11) is 0. The van der Waals surface area contributed by atoms with Crippen LogP contribution in [0.4, 0.5) is 5.95 Å². The number of aromatic nitrogens is 3. The van der Waals surface area contributed by atoms with E-state index in [-0.39, 0.29) is 11.1 Å². The number of nitrogens with one attached hydrogen (secondary N) is 1. The maximum atomic E-state index is 4.35. The summed E-state index contributed by atoms with van der Waals surface area (Å²) in [5.41, 5.74) is 0.237. The van der Waals surface area contributed by atoms with E-state index in [1.807, 2.05) is 0 Å².